The first-order chi connectivity index (χ1) is 11.7. The molecule has 0 aliphatic rings. The lowest BCUT2D eigenvalue weighted by Crippen LogP contribution is -2.36. The minimum absolute atomic E-state index is 0. The highest BCUT2D eigenvalue weighted by Gasteiger charge is 2.04. The van der Waals surface area contributed by atoms with Crippen LogP contribution in [-0.2, 0) is 19.5 Å². The molecule has 0 amide bonds. The van der Waals surface area contributed by atoms with Gasteiger partial charge in [-0.3, -0.25) is 0 Å². The molecule has 0 spiro atoms. The van der Waals surface area contributed by atoms with Crippen molar-refractivity contribution in [2.45, 2.75) is 33.4 Å². The zero-order chi connectivity index (χ0) is 17.4. The first kappa shape index (κ1) is 21.5. The van der Waals surface area contributed by atoms with Crippen LogP contribution in [0.4, 0.5) is 0 Å². The van der Waals surface area contributed by atoms with Gasteiger partial charge in [0.25, 0.3) is 0 Å². The van der Waals surface area contributed by atoms with Crippen LogP contribution in [0.1, 0.15) is 29.3 Å². The Kier molecular flexibility index (Phi) is 9.58. The van der Waals surface area contributed by atoms with Gasteiger partial charge in [-0.05, 0) is 31.0 Å². The van der Waals surface area contributed by atoms with Crippen molar-refractivity contribution >= 4 is 41.3 Å². The first-order valence-electron chi connectivity index (χ1n) is 7.97. The van der Waals surface area contributed by atoms with Crippen molar-refractivity contribution < 1.29 is 9.84 Å². The third-order valence-electron chi connectivity index (χ3n) is 3.36. The maximum Gasteiger partial charge on any atom is 0.191 e. The van der Waals surface area contributed by atoms with E-state index in [1.807, 2.05) is 19.2 Å². The summed E-state index contributed by atoms with van der Waals surface area (Å²) in [5, 5.41) is 17.4. The Morgan fingerprint density at radius 3 is 2.72 bits per heavy atom. The van der Waals surface area contributed by atoms with Crippen LogP contribution >= 0.6 is 35.3 Å². The van der Waals surface area contributed by atoms with Crippen LogP contribution in [0, 0.1) is 0 Å². The molecule has 6 nitrogen and oxygen atoms in total. The minimum Gasteiger partial charge on any atom is -0.504 e. The van der Waals surface area contributed by atoms with Gasteiger partial charge in [-0.1, -0.05) is 13.0 Å². The second kappa shape index (κ2) is 11.1. The number of ether oxygens (including phenoxy) is 1. The molecule has 1 aromatic carbocycles. The van der Waals surface area contributed by atoms with E-state index in [1.165, 1.54) is 12.0 Å². The van der Waals surface area contributed by atoms with Gasteiger partial charge in [0.2, 0.25) is 0 Å². The molecule has 3 N–H and O–H groups in total. The van der Waals surface area contributed by atoms with Crippen LogP contribution in [0.3, 0.4) is 0 Å². The van der Waals surface area contributed by atoms with E-state index in [2.05, 4.69) is 27.5 Å². The SMILES string of the molecule is CCNC(=NCc1ccc(OC)c(O)c1)NCc1ncc(CC)s1.I. The molecular formula is C17H25IN4O2S. The number of guanidine groups is 1. The quantitative estimate of drug-likeness (QED) is 0.325. The van der Waals surface area contributed by atoms with Gasteiger partial charge in [-0.2, -0.15) is 0 Å². The molecule has 1 heterocycles. The van der Waals surface area contributed by atoms with Gasteiger partial charge in [0.05, 0.1) is 20.2 Å². The minimum atomic E-state index is 0. The fraction of sp³-hybridized carbons (Fsp3) is 0.412. The van der Waals surface area contributed by atoms with E-state index in [0.717, 1.165) is 29.5 Å². The summed E-state index contributed by atoms with van der Waals surface area (Å²) < 4.78 is 5.05. The van der Waals surface area contributed by atoms with Crippen molar-refractivity contribution in [2.24, 2.45) is 4.99 Å². The summed E-state index contributed by atoms with van der Waals surface area (Å²) in [7, 11) is 1.53. The molecular weight excluding hydrogens is 451 g/mol. The van der Waals surface area contributed by atoms with Crippen molar-refractivity contribution in [3.8, 4) is 11.5 Å². The lowest BCUT2D eigenvalue weighted by molar-refractivity contribution is 0.373. The van der Waals surface area contributed by atoms with E-state index in [0.29, 0.717) is 18.8 Å². The average molecular weight is 476 g/mol. The summed E-state index contributed by atoms with van der Waals surface area (Å²) in [5.41, 5.74) is 0.910. The van der Waals surface area contributed by atoms with E-state index in [4.69, 9.17) is 4.74 Å². The smallest absolute Gasteiger partial charge is 0.191 e. The molecule has 25 heavy (non-hydrogen) atoms. The molecule has 8 heteroatoms. The number of phenols is 1. The van der Waals surface area contributed by atoms with Crippen molar-refractivity contribution in [3.63, 3.8) is 0 Å². The number of hydrogen-bond acceptors (Lipinski definition) is 5. The van der Waals surface area contributed by atoms with Crippen molar-refractivity contribution in [1.29, 1.82) is 0 Å². The van der Waals surface area contributed by atoms with Crippen molar-refractivity contribution in [3.05, 3.63) is 39.8 Å². The number of thiazole rings is 1. The van der Waals surface area contributed by atoms with E-state index in [1.54, 1.807) is 23.5 Å². The largest absolute Gasteiger partial charge is 0.504 e. The van der Waals surface area contributed by atoms with Gasteiger partial charge < -0.3 is 20.5 Å². The van der Waals surface area contributed by atoms with Gasteiger partial charge >= 0.3 is 0 Å². The summed E-state index contributed by atoms with van der Waals surface area (Å²) in [6, 6.07) is 5.29. The Labute approximate surface area is 169 Å². The summed E-state index contributed by atoms with van der Waals surface area (Å²) in [6.45, 7) is 6.03. The predicted octanol–water partition coefficient (Wildman–Crippen LogP) is 3.29. The zero-order valence-corrected chi connectivity index (χ0v) is 17.9. The van der Waals surface area contributed by atoms with Gasteiger partial charge in [0, 0.05) is 17.6 Å². The molecule has 0 saturated heterocycles. The number of phenolic OH excluding ortho intramolecular Hbond substituents is 1. The molecule has 0 aliphatic carbocycles. The normalized spacial score (nSPS) is 10.9. The Morgan fingerprint density at radius 2 is 2.12 bits per heavy atom. The number of aryl methyl sites for hydroxylation is 1. The molecule has 0 aliphatic heterocycles. The first-order valence-corrected chi connectivity index (χ1v) is 8.79. The number of benzene rings is 1. The van der Waals surface area contributed by atoms with E-state index >= 15 is 0 Å². The highest BCUT2D eigenvalue weighted by Crippen LogP contribution is 2.26. The van der Waals surface area contributed by atoms with Gasteiger partial charge in [0.15, 0.2) is 17.5 Å². The van der Waals surface area contributed by atoms with E-state index in [-0.39, 0.29) is 29.7 Å². The summed E-state index contributed by atoms with van der Waals surface area (Å²) in [4.78, 5) is 10.2. The number of nitrogens with zero attached hydrogens (tertiary/aromatic N) is 2. The van der Waals surface area contributed by atoms with Gasteiger partial charge in [-0.25, -0.2) is 9.98 Å². The third kappa shape index (κ3) is 6.69. The monoisotopic (exact) mass is 476 g/mol. The lowest BCUT2D eigenvalue weighted by atomic mass is 10.2. The van der Waals surface area contributed by atoms with Gasteiger partial charge in [-0.15, -0.1) is 35.3 Å². The highest BCUT2D eigenvalue weighted by atomic mass is 127. The molecule has 138 valence electrons. The fourth-order valence-corrected chi connectivity index (χ4v) is 2.90. The number of aromatic nitrogens is 1. The van der Waals surface area contributed by atoms with Crippen LogP contribution in [0.25, 0.3) is 0 Å². The average Bonchev–Trinajstić information content (AvgIpc) is 3.05. The van der Waals surface area contributed by atoms with Gasteiger partial charge in [0.1, 0.15) is 5.01 Å². The Hall–Kier alpha value is -1.55. The maximum atomic E-state index is 9.83. The number of hydrogen-bond donors (Lipinski definition) is 3. The van der Waals surface area contributed by atoms with E-state index < -0.39 is 0 Å². The Bertz CT molecular complexity index is 691. The summed E-state index contributed by atoms with van der Waals surface area (Å²) in [5.74, 6) is 1.31. The molecule has 0 radical (unpaired) electrons. The molecule has 2 rings (SSSR count). The summed E-state index contributed by atoms with van der Waals surface area (Å²) in [6.07, 6.45) is 2.93. The third-order valence-corrected chi connectivity index (χ3v) is 4.51. The highest BCUT2D eigenvalue weighted by molar-refractivity contribution is 14.0. The van der Waals surface area contributed by atoms with Crippen molar-refractivity contribution in [2.75, 3.05) is 13.7 Å². The number of halogens is 1. The number of aliphatic imine (C=N–C) groups is 1. The Balaban J connectivity index is 0.00000312. The predicted molar refractivity (Wildman–Crippen MR) is 113 cm³/mol. The van der Waals surface area contributed by atoms with Crippen LogP contribution in [0.15, 0.2) is 29.4 Å². The molecule has 2 aromatic rings. The van der Waals surface area contributed by atoms with Crippen LogP contribution in [-0.4, -0.2) is 29.7 Å². The van der Waals surface area contributed by atoms with Crippen LogP contribution in [0.2, 0.25) is 0 Å². The maximum absolute atomic E-state index is 9.83. The zero-order valence-electron chi connectivity index (χ0n) is 14.7. The molecule has 0 atom stereocenters. The number of nitrogens with one attached hydrogen (secondary N) is 2. The molecule has 0 saturated carbocycles. The summed E-state index contributed by atoms with van der Waals surface area (Å²) >= 11 is 1.71. The number of rotatable bonds is 7. The number of aromatic hydroxyl groups is 1. The van der Waals surface area contributed by atoms with Crippen LogP contribution in [0.5, 0.6) is 11.5 Å². The molecule has 0 bridgehead atoms. The standard InChI is InChI=1S/C17H24N4O2S.HI/c1-4-13-10-19-16(24-13)11-21-17(18-5-2)20-9-12-6-7-15(23-3)14(22)8-12;/h6-8,10,22H,4-5,9,11H2,1-3H3,(H2,18,20,21);1H. The second-order valence-corrected chi connectivity index (χ2v) is 6.33. The molecule has 0 fully saturated rings. The topological polar surface area (TPSA) is 78.8 Å². The second-order valence-electron chi connectivity index (χ2n) is 5.13. The molecule has 1 aromatic heterocycles. The lowest BCUT2D eigenvalue weighted by Gasteiger charge is -2.10. The van der Waals surface area contributed by atoms with E-state index in [9.17, 15) is 5.11 Å². The van der Waals surface area contributed by atoms with Crippen molar-refractivity contribution in [1.82, 2.24) is 15.6 Å². The molecule has 0 unspecified atom stereocenters. The number of methoxy groups -OCH3 is 1. The fourth-order valence-electron chi connectivity index (χ4n) is 2.10. The Morgan fingerprint density at radius 1 is 1.32 bits per heavy atom. The van der Waals surface area contributed by atoms with Crippen LogP contribution < -0.4 is 15.4 Å².